The van der Waals surface area contributed by atoms with Crippen molar-refractivity contribution in [3.8, 4) is 17.1 Å². The fraction of sp³-hybridized carbons (Fsp3) is 0.368. The van der Waals surface area contributed by atoms with E-state index in [2.05, 4.69) is 20.6 Å². The molecule has 9 nitrogen and oxygen atoms in total. The van der Waals surface area contributed by atoms with Gasteiger partial charge in [0.05, 0.1) is 25.1 Å². The summed E-state index contributed by atoms with van der Waals surface area (Å²) in [4.78, 5) is 12.4. The van der Waals surface area contributed by atoms with E-state index in [4.69, 9.17) is 10.6 Å². The number of aromatic nitrogens is 5. The third-order valence-electron chi connectivity index (χ3n) is 4.95. The molecule has 3 N–H and O–H groups in total. The van der Waals surface area contributed by atoms with E-state index in [1.165, 1.54) is 29.3 Å². The van der Waals surface area contributed by atoms with E-state index in [0.29, 0.717) is 17.0 Å². The summed E-state index contributed by atoms with van der Waals surface area (Å²) in [5.74, 6) is 8.17. The summed E-state index contributed by atoms with van der Waals surface area (Å²) in [5, 5.41) is 16.0. The van der Waals surface area contributed by atoms with Gasteiger partial charge in [-0.25, -0.2) is 9.36 Å². The Morgan fingerprint density at radius 2 is 2.00 bits per heavy atom. The Morgan fingerprint density at radius 1 is 1.24 bits per heavy atom. The normalized spacial score (nSPS) is 14.2. The van der Waals surface area contributed by atoms with Crippen LogP contribution in [-0.4, -0.2) is 43.4 Å². The second kappa shape index (κ2) is 8.56. The van der Waals surface area contributed by atoms with Crippen LogP contribution in [0.4, 0.5) is 5.82 Å². The monoisotopic (exact) mass is 413 g/mol. The molecule has 1 fully saturated rings. The average molecular weight is 414 g/mol. The van der Waals surface area contributed by atoms with Gasteiger partial charge in [-0.15, -0.1) is 10.2 Å². The molecule has 0 saturated heterocycles. The second-order valence-corrected chi connectivity index (χ2v) is 7.78. The van der Waals surface area contributed by atoms with Crippen molar-refractivity contribution < 1.29 is 9.53 Å². The number of methoxy groups -OCH3 is 1. The number of nitrogens with one attached hydrogen (secondary N) is 1. The van der Waals surface area contributed by atoms with Gasteiger partial charge in [0, 0.05) is 11.6 Å². The van der Waals surface area contributed by atoms with E-state index < -0.39 is 0 Å². The highest BCUT2D eigenvalue weighted by atomic mass is 32.2. The van der Waals surface area contributed by atoms with Crippen molar-refractivity contribution in [2.45, 2.75) is 36.9 Å². The molecule has 29 heavy (non-hydrogen) atoms. The first-order chi connectivity index (χ1) is 14.2. The number of amides is 1. The van der Waals surface area contributed by atoms with Crippen LogP contribution in [0.5, 0.6) is 5.75 Å². The molecule has 1 saturated carbocycles. The molecular weight excluding hydrogens is 390 g/mol. The van der Waals surface area contributed by atoms with Crippen LogP contribution in [0.3, 0.4) is 0 Å². The highest BCUT2D eigenvalue weighted by molar-refractivity contribution is 7.99. The number of thioether (sulfide) groups is 1. The largest absolute Gasteiger partial charge is 0.497 e. The molecule has 10 heteroatoms. The van der Waals surface area contributed by atoms with Crippen LogP contribution in [0.2, 0.25) is 0 Å². The van der Waals surface area contributed by atoms with Gasteiger partial charge in [0.25, 0.3) is 0 Å². The van der Waals surface area contributed by atoms with E-state index in [-0.39, 0.29) is 11.7 Å². The maximum Gasteiger partial charge on any atom is 0.235 e. The SMILES string of the molecule is COc1ccc(-c2nnc(SCC(=O)Nc3ccnn3C3CCCC3)n2N)cc1. The molecule has 1 aliphatic rings. The molecule has 2 heterocycles. The van der Waals surface area contributed by atoms with Crippen LogP contribution in [0.25, 0.3) is 11.4 Å². The van der Waals surface area contributed by atoms with Crippen LogP contribution in [0.1, 0.15) is 31.7 Å². The number of benzene rings is 1. The Balaban J connectivity index is 1.37. The first-order valence-electron chi connectivity index (χ1n) is 9.47. The van der Waals surface area contributed by atoms with Gasteiger partial charge in [0.1, 0.15) is 11.6 Å². The van der Waals surface area contributed by atoms with Crippen LogP contribution in [0, 0.1) is 0 Å². The molecule has 2 aromatic heterocycles. The molecule has 0 unspecified atom stereocenters. The van der Waals surface area contributed by atoms with E-state index in [9.17, 15) is 4.79 Å². The van der Waals surface area contributed by atoms with Crippen LogP contribution >= 0.6 is 11.8 Å². The standard InChI is InChI=1S/C19H23N7O2S/c1-28-15-8-6-13(7-9-15)18-23-24-19(25(18)20)29-12-17(27)22-16-10-11-21-26(16)14-4-2-3-5-14/h6-11,14H,2-5,12,20H2,1H3,(H,22,27). The summed E-state index contributed by atoms with van der Waals surface area (Å²) in [6.07, 6.45) is 6.33. The first-order valence-corrected chi connectivity index (χ1v) is 10.5. The van der Waals surface area contributed by atoms with Gasteiger partial charge in [-0.05, 0) is 37.1 Å². The summed E-state index contributed by atoms with van der Waals surface area (Å²) in [7, 11) is 1.61. The smallest absolute Gasteiger partial charge is 0.235 e. The number of hydrogen-bond acceptors (Lipinski definition) is 7. The minimum absolute atomic E-state index is 0.135. The van der Waals surface area contributed by atoms with Crippen LogP contribution in [-0.2, 0) is 4.79 Å². The predicted octanol–water partition coefficient (Wildman–Crippen LogP) is 2.71. The van der Waals surface area contributed by atoms with E-state index >= 15 is 0 Å². The molecule has 0 radical (unpaired) electrons. The summed E-state index contributed by atoms with van der Waals surface area (Å²) < 4.78 is 8.47. The molecule has 0 atom stereocenters. The first kappa shape index (κ1) is 19.3. The lowest BCUT2D eigenvalue weighted by Gasteiger charge is -2.14. The number of hydrogen-bond donors (Lipinski definition) is 2. The van der Waals surface area contributed by atoms with Crippen molar-refractivity contribution in [1.29, 1.82) is 0 Å². The summed E-state index contributed by atoms with van der Waals surface area (Å²) >= 11 is 1.24. The zero-order valence-corrected chi connectivity index (χ0v) is 16.9. The molecule has 3 aromatic rings. The average Bonchev–Trinajstić information content (AvgIpc) is 3.48. The van der Waals surface area contributed by atoms with E-state index in [1.807, 2.05) is 35.0 Å². The zero-order chi connectivity index (χ0) is 20.2. The third kappa shape index (κ3) is 4.21. The molecule has 152 valence electrons. The fourth-order valence-corrected chi connectivity index (χ4v) is 4.13. The lowest BCUT2D eigenvalue weighted by atomic mass is 10.2. The van der Waals surface area contributed by atoms with Gasteiger partial charge >= 0.3 is 0 Å². The molecule has 1 aromatic carbocycles. The summed E-state index contributed by atoms with van der Waals surface area (Å²) in [6.45, 7) is 0. The van der Waals surface area contributed by atoms with Crippen molar-refractivity contribution in [3.05, 3.63) is 36.5 Å². The van der Waals surface area contributed by atoms with Crippen molar-refractivity contribution in [2.75, 3.05) is 24.0 Å². The molecule has 1 aliphatic carbocycles. The van der Waals surface area contributed by atoms with Gasteiger partial charge in [0.2, 0.25) is 11.1 Å². The van der Waals surface area contributed by atoms with E-state index in [1.54, 1.807) is 13.3 Å². The molecular formula is C19H23N7O2S. The molecule has 0 bridgehead atoms. The lowest BCUT2D eigenvalue weighted by molar-refractivity contribution is -0.113. The maximum absolute atomic E-state index is 12.4. The van der Waals surface area contributed by atoms with Gasteiger partial charge in [0.15, 0.2) is 5.82 Å². The molecule has 0 aliphatic heterocycles. The van der Waals surface area contributed by atoms with Crippen LogP contribution in [0.15, 0.2) is 41.7 Å². The highest BCUT2D eigenvalue weighted by Gasteiger charge is 2.21. The second-order valence-electron chi connectivity index (χ2n) is 6.84. The maximum atomic E-state index is 12.4. The topological polar surface area (TPSA) is 113 Å². The number of nitrogens with two attached hydrogens (primary N) is 1. The van der Waals surface area contributed by atoms with Crippen molar-refractivity contribution >= 4 is 23.5 Å². The molecule has 4 rings (SSSR count). The highest BCUT2D eigenvalue weighted by Crippen LogP contribution is 2.31. The Bertz CT molecular complexity index is 977. The number of nitrogen functional groups attached to an aromatic ring is 1. The fourth-order valence-electron chi connectivity index (χ4n) is 3.47. The van der Waals surface area contributed by atoms with Crippen molar-refractivity contribution in [2.24, 2.45) is 0 Å². The van der Waals surface area contributed by atoms with Gasteiger partial charge in [-0.2, -0.15) is 5.10 Å². The molecule has 1 amide bonds. The number of carbonyl (C=O) groups is 1. The number of anilines is 1. The van der Waals surface area contributed by atoms with Crippen molar-refractivity contribution in [1.82, 2.24) is 24.7 Å². The minimum atomic E-state index is -0.135. The number of nitrogens with zero attached hydrogens (tertiary/aromatic N) is 5. The number of carbonyl (C=O) groups excluding carboxylic acids is 1. The number of rotatable bonds is 7. The zero-order valence-electron chi connectivity index (χ0n) is 16.1. The minimum Gasteiger partial charge on any atom is -0.497 e. The number of ether oxygens (including phenoxy) is 1. The Morgan fingerprint density at radius 3 is 2.72 bits per heavy atom. The summed E-state index contributed by atoms with van der Waals surface area (Å²) in [6, 6.07) is 9.57. The quantitative estimate of drug-likeness (QED) is 0.452. The third-order valence-corrected chi connectivity index (χ3v) is 5.90. The Hall–Kier alpha value is -3.01. The van der Waals surface area contributed by atoms with Crippen LogP contribution < -0.4 is 15.9 Å². The Kier molecular flexibility index (Phi) is 5.70. The lowest BCUT2D eigenvalue weighted by Crippen LogP contribution is -2.20. The van der Waals surface area contributed by atoms with Gasteiger partial charge in [-0.3, -0.25) is 4.79 Å². The van der Waals surface area contributed by atoms with Gasteiger partial charge in [-0.1, -0.05) is 24.6 Å². The molecule has 0 spiro atoms. The Labute approximate surface area is 172 Å². The van der Waals surface area contributed by atoms with E-state index in [0.717, 1.165) is 30.0 Å². The van der Waals surface area contributed by atoms with Crippen molar-refractivity contribution in [3.63, 3.8) is 0 Å². The summed E-state index contributed by atoms with van der Waals surface area (Å²) in [5.41, 5.74) is 0.817. The predicted molar refractivity (Wildman–Crippen MR) is 111 cm³/mol. The van der Waals surface area contributed by atoms with Gasteiger partial charge < -0.3 is 15.9 Å².